The molecule has 0 aromatic heterocycles. The molecule has 28 heavy (non-hydrogen) atoms. The van der Waals surface area contributed by atoms with Crippen LogP contribution in [0.1, 0.15) is 22.8 Å². The number of aliphatic hydroxyl groups excluding tert-OH is 1. The fourth-order valence-corrected chi connectivity index (χ4v) is 3.26. The van der Waals surface area contributed by atoms with Crippen LogP contribution in [0.25, 0.3) is 0 Å². The Hall–Kier alpha value is -2.62. The highest BCUT2D eigenvalue weighted by atomic mass is 32.2. The van der Waals surface area contributed by atoms with Crippen LogP contribution in [-0.4, -0.2) is 40.3 Å². The van der Waals surface area contributed by atoms with Crippen LogP contribution in [0.15, 0.2) is 48.5 Å². The molecule has 0 aliphatic rings. The summed E-state index contributed by atoms with van der Waals surface area (Å²) in [5.41, 5.74) is 2.07. The van der Waals surface area contributed by atoms with Crippen LogP contribution in [0, 0.1) is 0 Å². The average Bonchev–Trinajstić information content (AvgIpc) is 2.70. The van der Waals surface area contributed by atoms with Crippen molar-refractivity contribution in [2.24, 2.45) is 0 Å². The third-order valence-corrected chi connectivity index (χ3v) is 5.40. The second-order valence-electron chi connectivity index (χ2n) is 6.14. The number of methoxy groups -OCH3 is 1. The first-order valence-corrected chi connectivity index (χ1v) is 10.3. The van der Waals surface area contributed by atoms with Crippen LogP contribution in [0.3, 0.4) is 0 Å². The first-order valence-electron chi connectivity index (χ1n) is 8.65. The zero-order valence-electron chi connectivity index (χ0n) is 15.8. The molecule has 0 aliphatic heterocycles. The van der Waals surface area contributed by atoms with Gasteiger partial charge in [0.1, 0.15) is 5.75 Å². The molecule has 4 N–H and O–H groups in total. The summed E-state index contributed by atoms with van der Waals surface area (Å²) in [6.07, 6.45) is -0.841. The Morgan fingerprint density at radius 3 is 2.43 bits per heavy atom. The predicted molar refractivity (Wildman–Crippen MR) is 106 cm³/mol. The molecule has 0 saturated heterocycles. The maximum atomic E-state index is 12.0. The summed E-state index contributed by atoms with van der Waals surface area (Å²) in [4.78, 5) is 12.0. The Bertz CT molecular complexity index is 885. The van der Waals surface area contributed by atoms with Gasteiger partial charge in [0.25, 0.3) is 0 Å². The molecular weight excluding hydrogens is 382 g/mol. The number of amides is 2. The van der Waals surface area contributed by atoms with E-state index in [1.54, 1.807) is 55.6 Å². The summed E-state index contributed by atoms with van der Waals surface area (Å²) in [6.45, 7) is 0.288. The molecule has 2 amide bonds. The van der Waals surface area contributed by atoms with Crippen molar-refractivity contribution in [2.75, 3.05) is 20.7 Å². The molecule has 2 aromatic carbocycles. The van der Waals surface area contributed by atoms with Crippen molar-refractivity contribution < 1.29 is 23.1 Å². The largest absolute Gasteiger partial charge is 0.497 e. The van der Waals surface area contributed by atoms with E-state index in [4.69, 9.17) is 4.74 Å². The van der Waals surface area contributed by atoms with Crippen molar-refractivity contribution >= 4 is 16.1 Å². The standard InChI is InChI=1S/C19H25N3O5S/c1-20-28(25,26)13-15-5-3-4-14(10-15)11-21-19(24)22-12-18(23)16-6-8-17(27-2)9-7-16/h3-10,18,20,23H,11-13H2,1-2H3,(H2,21,22,24). The lowest BCUT2D eigenvalue weighted by Crippen LogP contribution is -2.37. The average molecular weight is 407 g/mol. The van der Waals surface area contributed by atoms with Gasteiger partial charge in [-0.05, 0) is 35.9 Å². The molecule has 152 valence electrons. The quantitative estimate of drug-likeness (QED) is 0.500. The first kappa shape index (κ1) is 21.7. The summed E-state index contributed by atoms with van der Waals surface area (Å²) in [5.74, 6) is 0.559. The van der Waals surface area contributed by atoms with Crippen LogP contribution in [0.5, 0.6) is 5.75 Å². The predicted octanol–water partition coefficient (Wildman–Crippen LogP) is 1.28. The van der Waals surface area contributed by atoms with Crippen LogP contribution in [-0.2, 0) is 22.3 Å². The molecule has 2 rings (SSSR count). The van der Waals surface area contributed by atoms with Gasteiger partial charge in [-0.1, -0.05) is 36.4 Å². The number of rotatable bonds is 9. The molecule has 1 atom stereocenters. The number of benzene rings is 2. The number of nitrogens with one attached hydrogen (secondary N) is 3. The van der Waals surface area contributed by atoms with E-state index < -0.39 is 22.2 Å². The lowest BCUT2D eigenvalue weighted by atomic mass is 10.1. The number of aliphatic hydroxyl groups is 1. The monoisotopic (exact) mass is 407 g/mol. The molecular formula is C19H25N3O5S. The van der Waals surface area contributed by atoms with Gasteiger partial charge in [0.05, 0.1) is 19.0 Å². The Kier molecular flexibility index (Phi) is 7.80. The van der Waals surface area contributed by atoms with E-state index in [0.717, 1.165) is 5.56 Å². The fourth-order valence-electron chi connectivity index (χ4n) is 2.50. The van der Waals surface area contributed by atoms with E-state index in [2.05, 4.69) is 15.4 Å². The van der Waals surface area contributed by atoms with Crippen molar-refractivity contribution in [3.05, 3.63) is 65.2 Å². The summed E-state index contributed by atoms with van der Waals surface area (Å²) in [7, 11) is -0.426. The van der Waals surface area contributed by atoms with Gasteiger partial charge in [0, 0.05) is 13.1 Å². The van der Waals surface area contributed by atoms with Crippen LogP contribution >= 0.6 is 0 Å². The van der Waals surface area contributed by atoms with Crippen molar-refractivity contribution in [1.29, 1.82) is 0 Å². The topological polar surface area (TPSA) is 117 Å². The summed E-state index contributed by atoms with van der Waals surface area (Å²) >= 11 is 0. The molecule has 0 radical (unpaired) electrons. The van der Waals surface area contributed by atoms with Gasteiger partial charge < -0.3 is 20.5 Å². The molecule has 9 heteroatoms. The number of sulfonamides is 1. The summed E-state index contributed by atoms with van der Waals surface area (Å²) < 4.78 is 30.6. The van der Waals surface area contributed by atoms with E-state index in [-0.39, 0.29) is 18.8 Å². The van der Waals surface area contributed by atoms with Crippen LogP contribution in [0.2, 0.25) is 0 Å². The van der Waals surface area contributed by atoms with Crippen molar-refractivity contribution in [1.82, 2.24) is 15.4 Å². The maximum Gasteiger partial charge on any atom is 0.315 e. The van der Waals surface area contributed by atoms with E-state index in [1.165, 1.54) is 7.05 Å². The minimum absolute atomic E-state index is 0.0542. The Balaban J connectivity index is 1.82. The van der Waals surface area contributed by atoms with Gasteiger partial charge >= 0.3 is 6.03 Å². The number of carbonyl (C=O) groups excluding carboxylic acids is 1. The van der Waals surface area contributed by atoms with Crippen molar-refractivity contribution in [3.63, 3.8) is 0 Å². The summed E-state index contributed by atoms with van der Waals surface area (Å²) in [6, 6.07) is 13.5. The highest BCUT2D eigenvalue weighted by Gasteiger charge is 2.11. The first-order chi connectivity index (χ1) is 13.3. The Morgan fingerprint density at radius 1 is 1.11 bits per heavy atom. The molecule has 0 bridgehead atoms. The Labute approximate surface area is 165 Å². The van der Waals surface area contributed by atoms with E-state index in [0.29, 0.717) is 16.9 Å². The minimum Gasteiger partial charge on any atom is -0.497 e. The number of hydrogen-bond donors (Lipinski definition) is 4. The molecule has 2 aromatic rings. The van der Waals surface area contributed by atoms with Gasteiger partial charge in [-0.25, -0.2) is 17.9 Å². The van der Waals surface area contributed by atoms with Gasteiger partial charge in [-0.3, -0.25) is 0 Å². The normalized spacial score (nSPS) is 12.2. The van der Waals surface area contributed by atoms with Gasteiger partial charge in [-0.2, -0.15) is 0 Å². The van der Waals surface area contributed by atoms with Crippen LogP contribution < -0.4 is 20.1 Å². The molecule has 0 fully saturated rings. The maximum absolute atomic E-state index is 12.0. The highest BCUT2D eigenvalue weighted by molar-refractivity contribution is 7.88. The molecule has 0 aliphatic carbocycles. The van der Waals surface area contributed by atoms with Gasteiger partial charge in [0.2, 0.25) is 10.0 Å². The van der Waals surface area contributed by atoms with Crippen molar-refractivity contribution in [3.8, 4) is 5.75 Å². The molecule has 8 nitrogen and oxygen atoms in total. The number of ether oxygens (including phenoxy) is 1. The number of hydrogen-bond acceptors (Lipinski definition) is 5. The number of urea groups is 1. The zero-order chi connectivity index (χ0) is 20.6. The molecule has 0 saturated carbocycles. The zero-order valence-corrected chi connectivity index (χ0v) is 16.6. The Morgan fingerprint density at radius 2 is 1.79 bits per heavy atom. The molecule has 1 unspecified atom stereocenters. The highest BCUT2D eigenvalue weighted by Crippen LogP contribution is 2.17. The second-order valence-corrected chi connectivity index (χ2v) is 8.06. The summed E-state index contributed by atoms with van der Waals surface area (Å²) in [5, 5.41) is 15.4. The molecule has 0 spiro atoms. The van der Waals surface area contributed by atoms with Crippen LogP contribution in [0.4, 0.5) is 4.79 Å². The van der Waals surface area contributed by atoms with E-state index in [9.17, 15) is 18.3 Å². The minimum atomic E-state index is -3.35. The van der Waals surface area contributed by atoms with Gasteiger partial charge in [-0.15, -0.1) is 0 Å². The van der Waals surface area contributed by atoms with Crippen molar-refractivity contribution in [2.45, 2.75) is 18.4 Å². The lowest BCUT2D eigenvalue weighted by Gasteiger charge is -2.13. The number of carbonyl (C=O) groups is 1. The van der Waals surface area contributed by atoms with E-state index >= 15 is 0 Å². The fraction of sp³-hybridized carbons (Fsp3) is 0.316. The second kappa shape index (κ2) is 10.1. The lowest BCUT2D eigenvalue weighted by molar-refractivity contribution is 0.173. The third kappa shape index (κ3) is 6.84. The van der Waals surface area contributed by atoms with E-state index in [1.807, 2.05) is 0 Å². The SMILES string of the molecule is CNS(=O)(=O)Cc1cccc(CNC(=O)NCC(O)c2ccc(OC)cc2)c1. The smallest absolute Gasteiger partial charge is 0.315 e. The molecule has 0 heterocycles. The third-order valence-electron chi connectivity index (χ3n) is 4.07. The van der Waals surface area contributed by atoms with Gasteiger partial charge in [0.15, 0.2) is 0 Å².